The van der Waals surface area contributed by atoms with Crippen molar-refractivity contribution in [3.05, 3.63) is 50.9 Å². The zero-order chi connectivity index (χ0) is 15.6. The number of carbonyl (C=O) groups excluding carboxylic acids is 1. The predicted molar refractivity (Wildman–Crippen MR) is 80.4 cm³/mol. The van der Waals surface area contributed by atoms with Gasteiger partial charge in [-0.2, -0.15) is 0 Å². The average molecular weight is 355 g/mol. The maximum absolute atomic E-state index is 13.0. The van der Waals surface area contributed by atoms with Gasteiger partial charge in [0.2, 0.25) is 5.91 Å². The third-order valence-electron chi connectivity index (χ3n) is 2.79. The van der Waals surface area contributed by atoms with Gasteiger partial charge in [-0.05, 0) is 41.1 Å². The number of hydrogen-bond donors (Lipinski definition) is 2. The highest BCUT2D eigenvalue weighted by molar-refractivity contribution is 9.10. The molecule has 1 heterocycles. The van der Waals surface area contributed by atoms with E-state index in [9.17, 15) is 14.0 Å². The summed E-state index contributed by atoms with van der Waals surface area (Å²) in [4.78, 5) is 27.8. The number of nitrogens with one attached hydrogen (secondary N) is 1. The van der Waals surface area contributed by atoms with Crippen molar-refractivity contribution in [2.24, 2.45) is 0 Å². The van der Waals surface area contributed by atoms with Crippen LogP contribution in [0.25, 0.3) is 0 Å². The van der Waals surface area contributed by atoms with Crippen LogP contribution in [0.5, 0.6) is 0 Å². The van der Waals surface area contributed by atoms with Crippen molar-refractivity contribution >= 4 is 33.2 Å². The van der Waals surface area contributed by atoms with Gasteiger partial charge >= 0.3 is 0 Å². The minimum absolute atomic E-state index is 0.0646. The van der Waals surface area contributed by atoms with Gasteiger partial charge < -0.3 is 11.1 Å². The van der Waals surface area contributed by atoms with Crippen molar-refractivity contribution < 1.29 is 9.18 Å². The molecule has 110 valence electrons. The van der Waals surface area contributed by atoms with E-state index < -0.39 is 11.7 Å². The number of rotatable bonds is 3. The van der Waals surface area contributed by atoms with Crippen LogP contribution in [0.1, 0.15) is 5.82 Å². The van der Waals surface area contributed by atoms with E-state index >= 15 is 0 Å². The minimum Gasteiger partial charge on any atom is -0.396 e. The maximum atomic E-state index is 13.0. The molecule has 6 nitrogen and oxygen atoms in total. The van der Waals surface area contributed by atoms with E-state index in [0.717, 1.165) is 6.07 Å². The minimum atomic E-state index is -0.559. The molecule has 0 saturated heterocycles. The molecule has 1 aromatic carbocycles. The van der Waals surface area contributed by atoms with Gasteiger partial charge in [0.05, 0.1) is 5.69 Å². The average Bonchev–Trinajstić information content (AvgIpc) is 2.43. The lowest BCUT2D eigenvalue weighted by atomic mass is 10.2. The molecule has 0 atom stereocenters. The van der Waals surface area contributed by atoms with Crippen LogP contribution in [-0.4, -0.2) is 15.5 Å². The molecule has 0 fully saturated rings. The highest BCUT2D eigenvalue weighted by atomic mass is 79.9. The molecule has 8 heteroatoms. The summed E-state index contributed by atoms with van der Waals surface area (Å²) in [5.41, 5.74) is 5.36. The highest BCUT2D eigenvalue weighted by Crippen LogP contribution is 2.16. The molecule has 0 saturated carbocycles. The number of halogens is 2. The summed E-state index contributed by atoms with van der Waals surface area (Å²) in [5, 5.41) is 2.54. The lowest BCUT2D eigenvalue weighted by molar-refractivity contribution is -0.116. The van der Waals surface area contributed by atoms with Crippen molar-refractivity contribution in [3.8, 4) is 0 Å². The van der Waals surface area contributed by atoms with Gasteiger partial charge in [0, 0.05) is 11.9 Å². The van der Waals surface area contributed by atoms with E-state index in [4.69, 9.17) is 5.73 Å². The largest absolute Gasteiger partial charge is 0.396 e. The molecular weight excluding hydrogens is 343 g/mol. The number of amides is 1. The molecule has 2 aromatic rings. The van der Waals surface area contributed by atoms with E-state index in [1.165, 1.54) is 22.9 Å². The van der Waals surface area contributed by atoms with E-state index in [1.54, 1.807) is 6.92 Å². The molecule has 2 rings (SSSR count). The Kier molecular flexibility index (Phi) is 4.37. The molecule has 0 aliphatic carbocycles. The second-order valence-electron chi connectivity index (χ2n) is 4.33. The Hall–Kier alpha value is -2.22. The molecule has 0 aliphatic heterocycles. The smallest absolute Gasteiger partial charge is 0.268 e. The molecule has 0 spiro atoms. The molecule has 3 N–H and O–H groups in total. The number of carbonyl (C=O) groups is 1. The quantitative estimate of drug-likeness (QED) is 0.820. The van der Waals surface area contributed by atoms with E-state index in [0.29, 0.717) is 11.5 Å². The number of aromatic nitrogens is 2. The standard InChI is InChI=1S/C13H12BrFN4O2/c1-7-17-5-9(14)13(21)19(7)6-12(20)18-8-2-3-10(15)11(16)4-8/h2-5H,6,16H2,1H3,(H,18,20). The fourth-order valence-electron chi connectivity index (χ4n) is 1.70. The van der Waals surface area contributed by atoms with E-state index in [1.807, 2.05) is 0 Å². The van der Waals surface area contributed by atoms with Gasteiger partial charge in [0.15, 0.2) is 0 Å². The summed E-state index contributed by atoms with van der Waals surface area (Å²) in [5.74, 6) is -0.584. The molecule has 0 aliphatic rings. The van der Waals surface area contributed by atoms with Crippen LogP contribution in [0.15, 0.2) is 33.7 Å². The van der Waals surface area contributed by atoms with Gasteiger partial charge in [-0.3, -0.25) is 14.2 Å². The Morgan fingerprint density at radius 3 is 2.90 bits per heavy atom. The van der Waals surface area contributed by atoms with Gasteiger partial charge in [-0.25, -0.2) is 9.37 Å². The summed E-state index contributed by atoms with van der Waals surface area (Å²) < 4.78 is 14.5. The van der Waals surface area contributed by atoms with E-state index in [2.05, 4.69) is 26.2 Å². The van der Waals surface area contributed by atoms with Crippen molar-refractivity contribution in [1.29, 1.82) is 0 Å². The van der Waals surface area contributed by atoms with Crippen LogP contribution in [0, 0.1) is 12.7 Å². The summed E-state index contributed by atoms with van der Waals surface area (Å²) in [6.45, 7) is 1.42. The first kappa shape index (κ1) is 15.2. The van der Waals surface area contributed by atoms with Gasteiger partial charge in [-0.15, -0.1) is 0 Å². The second kappa shape index (κ2) is 6.04. The number of anilines is 2. The topological polar surface area (TPSA) is 90.0 Å². The zero-order valence-corrected chi connectivity index (χ0v) is 12.6. The third-order valence-corrected chi connectivity index (χ3v) is 3.33. The summed E-state index contributed by atoms with van der Waals surface area (Å²) in [7, 11) is 0. The number of nitrogens with zero attached hydrogens (tertiary/aromatic N) is 2. The number of hydrogen-bond acceptors (Lipinski definition) is 4. The Morgan fingerprint density at radius 2 is 2.24 bits per heavy atom. The Balaban J connectivity index is 2.17. The highest BCUT2D eigenvalue weighted by Gasteiger charge is 2.11. The fraction of sp³-hybridized carbons (Fsp3) is 0.154. The number of aryl methyl sites for hydroxylation is 1. The van der Waals surface area contributed by atoms with Crippen LogP contribution in [0.4, 0.5) is 15.8 Å². The second-order valence-corrected chi connectivity index (χ2v) is 5.18. The van der Waals surface area contributed by atoms with Gasteiger partial charge in [0.1, 0.15) is 22.7 Å². The number of nitrogens with two attached hydrogens (primary N) is 1. The Labute approximate surface area is 127 Å². The Morgan fingerprint density at radius 1 is 1.52 bits per heavy atom. The zero-order valence-electron chi connectivity index (χ0n) is 11.1. The van der Waals surface area contributed by atoms with Crippen molar-refractivity contribution in [3.63, 3.8) is 0 Å². The van der Waals surface area contributed by atoms with Crippen molar-refractivity contribution in [2.45, 2.75) is 13.5 Å². The van der Waals surface area contributed by atoms with Crippen LogP contribution in [0.2, 0.25) is 0 Å². The summed E-state index contributed by atoms with van der Waals surface area (Å²) in [6.07, 6.45) is 1.38. The summed E-state index contributed by atoms with van der Waals surface area (Å²) in [6, 6.07) is 3.85. The normalized spacial score (nSPS) is 10.4. The Bertz CT molecular complexity index is 760. The molecule has 21 heavy (non-hydrogen) atoms. The predicted octanol–water partition coefficient (Wildman–Crippen LogP) is 1.67. The first-order valence-corrected chi connectivity index (χ1v) is 6.74. The van der Waals surface area contributed by atoms with Crippen LogP contribution < -0.4 is 16.6 Å². The molecule has 0 bridgehead atoms. The van der Waals surface area contributed by atoms with Crippen LogP contribution in [-0.2, 0) is 11.3 Å². The van der Waals surface area contributed by atoms with Gasteiger partial charge in [-0.1, -0.05) is 0 Å². The van der Waals surface area contributed by atoms with Gasteiger partial charge in [0.25, 0.3) is 5.56 Å². The van der Waals surface area contributed by atoms with Crippen molar-refractivity contribution in [2.75, 3.05) is 11.1 Å². The SMILES string of the molecule is Cc1ncc(Br)c(=O)n1CC(=O)Nc1ccc(F)c(N)c1. The first-order valence-electron chi connectivity index (χ1n) is 5.95. The summed E-state index contributed by atoms with van der Waals surface area (Å²) >= 11 is 3.07. The molecule has 0 unspecified atom stereocenters. The third kappa shape index (κ3) is 3.46. The first-order chi connectivity index (χ1) is 9.88. The van der Waals surface area contributed by atoms with Crippen LogP contribution in [0.3, 0.4) is 0 Å². The number of benzene rings is 1. The molecular formula is C13H12BrFN4O2. The fourth-order valence-corrected chi connectivity index (χ4v) is 2.02. The monoisotopic (exact) mass is 354 g/mol. The molecule has 1 amide bonds. The lowest BCUT2D eigenvalue weighted by Gasteiger charge is -2.10. The molecule has 0 radical (unpaired) electrons. The number of nitrogen functional groups attached to an aromatic ring is 1. The van der Waals surface area contributed by atoms with Crippen molar-refractivity contribution in [1.82, 2.24) is 9.55 Å². The van der Waals surface area contributed by atoms with E-state index in [-0.39, 0.29) is 22.3 Å². The lowest BCUT2D eigenvalue weighted by Crippen LogP contribution is -2.30. The maximum Gasteiger partial charge on any atom is 0.268 e. The van der Waals surface area contributed by atoms with Crippen LogP contribution >= 0.6 is 15.9 Å². The molecule has 1 aromatic heterocycles.